The number of aromatic nitrogens is 2. The van der Waals surface area contributed by atoms with Crippen molar-refractivity contribution in [1.82, 2.24) is 9.97 Å². The van der Waals surface area contributed by atoms with E-state index in [1.54, 1.807) is 13.0 Å². The highest BCUT2D eigenvalue weighted by Crippen LogP contribution is 2.23. The smallest absolute Gasteiger partial charge is 0.352 e. The highest BCUT2D eigenvalue weighted by Gasteiger charge is 2.10. The molecular formula is C9H7ClN2O2. The topological polar surface area (TPSA) is 66.0 Å². The number of nitrogens with zero attached hydrogens (tertiary/aromatic N) is 1. The van der Waals surface area contributed by atoms with Crippen molar-refractivity contribution in [1.29, 1.82) is 0 Å². The van der Waals surface area contributed by atoms with Crippen LogP contribution in [0.25, 0.3) is 11.0 Å². The van der Waals surface area contributed by atoms with Crippen molar-refractivity contribution in [3.8, 4) is 0 Å². The number of rotatable bonds is 1. The summed E-state index contributed by atoms with van der Waals surface area (Å²) >= 11 is 5.93. The molecule has 0 spiro atoms. The van der Waals surface area contributed by atoms with Crippen LogP contribution in [0.4, 0.5) is 0 Å². The molecule has 0 saturated carbocycles. The van der Waals surface area contributed by atoms with Crippen LogP contribution >= 0.6 is 11.6 Å². The molecule has 0 atom stereocenters. The van der Waals surface area contributed by atoms with Crippen LogP contribution in [0, 0.1) is 6.92 Å². The van der Waals surface area contributed by atoms with Crippen molar-refractivity contribution in [2.24, 2.45) is 0 Å². The van der Waals surface area contributed by atoms with E-state index >= 15 is 0 Å². The van der Waals surface area contributed by atoms with Gasteiger partial charge in [-0.15, -0.1) is 0 Å². The van der Waals surface area contributed by atoms with Gasteiger partial charge in [-0.05, 0) is 19.1 Å². The second kappa shape index (κ2) is 2.99. The maximum Gasteiger partial charge on any atom is 0.352 e. The van der Waals surface area contributed by atoms with Gasteiger partial charge >= 0.3 is 5.97 Å². The lowest BCUT2D eigenvalue weighted by Gasteiger charge is -1.94. The minimum atomic E-state index is -1.02. The Morgan fingerprint density at radius 3 is 2.93 bits per heavy atom. The van der Waals surface area contributed by atoms with Crippen LogP contribution in [0.5, 0.6) is 0 Å². The monoisotopic (exact) mass is 210 g/mol. The number of hydrogen-bond acceptors (Lipinski definition) is 2. The lowest BCUT2D eigenvalue weighted by molar-refractivity contribution is 0.0691. The number of carbonyl (C=O) groups is 1. The predicted octanol–water partition coefficient (Wildman–Crippen LogP) is 2.22. The SMILES string of the molecule is Cc1cc(Cl)c2cc(C(=O)O)[nH]c2n1. The van der Waals surface area contributed by atoms with Crippen molar-refractivity contribution < 1.29 is 9.90 Å². The third-order valence-electron chi connectivity index (χ3n) is 1.91. The Labute approximate surface area is 84.5 Å². The van der Waals surface area contributed by atoms with Gasteiger partial charge in [0.15, 0.2) is 0 Å². The second-order valence-electron chi connectivity index (χ2n) is 3.00. The zero-order chi connectivity index (χ0) is 10.3. The van der Waals surface area contributed by atoms with Crippen molar-refractivity contribution in [3.63, 3.8) is 0 Å². The quantitative estimate of drug-likeness (QED) is 0.759. The number of aromatic amines is 1. The van der Waals surface area contributed by atoms with E-state index in [9.17, 15) is 4.79 Å². The van der Waals surface area contributed by atoms with Gasteiger partial charge < -0.3 is 10.1 Å². The average Bonchev–Trinajstić information content (AvgIpc) is 2.47. The third-order valence-corrected chi connectivity index (χ3v) is 2.22. The Balaban J connectivity index is 2.76. The molecule has 2 N–H and O–H groups in total. The summed E-state index contributed by atoms with van der Waals surface area (Å²) in [7, 11) is 0. The van der Waals surface area contributed by atoms with Crippen LogP contribution < -0.4 is 0 Å². The van der Waals surface area contributed by atoms with Crippen LogP contribution in [0.1, 0.15) is 16.2 Å². The zero-order valence-electron chi connectivity index (χ0n) is 7.34. The van der Waals surface area contributed by atoms with Gasteiger partial charge in [-0.2, -0.15) is 0 Å². The van der Waals surface area contributed by atoms with Gasteiger partial charge in [0.25, 0.3) is 0 Å². The maximum atomic E-state index is 10.7. The lowest BCUT2D eigenvalue weighted by Crippen LogP contribution is -1.95. The fourth-order valence-electron chi connectivity index (χ4n) is 1.30. The van der Waals surface area contributed by atoms with Gasteiger partial charge in [0.05, 0.1) is 5.02 Å². The molecule has 2 aromatic heterocycles. The van der Waals surface area contributed by atoms with Crippen LogP contribution in [0.2, 0.25) is 5.02 Å². The van der Waals surface area contributed by atoms with E-state index < -0.39 is 5.97 Å². The van der Waals surface area contributed by atoms with Gasteiger partial charge in [0, 0.05) is 11.1 Å². The summed E-state index contributed by atoms with van der Waals surface area (Å²) in [6, 6.07) is 3.18. The van der Waals surface area contributed by atoms with E-state index in [0.29, 0.717) is 16.1 Å². The number of halogens is 1. The predicted molar refractivity (Wildman–Crippen MR) is 52.8 cm³/mol. The van der Waals surface area contributed by atoms with Crippen molar-refractivity contribution in [2.45, 2.75) is 6.92 Å². The summed E-state index contributed by atoms with van der Waals surface area (Å²) < 4.78 is 0. The van der Waals surface area contributed by atoms with Gasteiger partial charge in [0.1, 0.15) is 11.3 Å². The summed E-state index contributed by atoms with van der Waals surface area (Å²) in [4.78, 5) is 17.5. The highest BCUT2D eigenvalue weighted by molar-refractivity contribution is 6.35. The fourth-order valence-corrected chi connectivity index (χ4v) is 1.60. The molecule has 4 nitrogen and oxygen atoms in total. The molecule has 0 aromatic carbocycles. The van der Waals surface area contributed by atoms with E-state index in [-0.39, 0.29) is 5.69 Å². The number of pyridine rings is 1. The molecule has 2 heterocycles. The summed E-state index contributed by atoms with van der Waals surface area (Å²) in [5.74, 6) is -1.02. The first-order valence-electron chi connectivity index (χ1n) is 3.97. The van der Waals surface area contributed by atoms with Crippen molar-refractivity contribution in [2.75, 3.05) is 0 Å². The number of hydrogen-bond donors (Lipinski definition) is 2. The summed E-state index contributed by atoms with van der Waals surface area (Å²) in [6.45, 7) is 1.80. The number of H-pyrrole nitrogens is 1. The van der Waals surface area contributed by atoms with Gasteiger partial charge in [-0.25, -0.2) is 9.78 Å². The van der Waals surface area contributed by atoms with Crippen molar-refractivity contribution >= 4 is 28.6 Å². The Hall–Kier alpha value is -1.55. The molecule has 0 radical (unpaired) electrons. The molecule has 2 rings (SSSR count). The number of fused-ring (bicyclic) bond motifs is 1. The minimum Gasteiger partial charge on any atom is -0.477 e. The average molecular weight is 211 g/mol. The first kappa shape index (κ1) is 9.02. The molecule has 0 bridgehead atoms. The number of aryl methyl sites for hydroxylation is 1. The maximum absolute atomic E-state index is 10.7. The molecule has 0 amide bonds. The van der Waals surface area contributed by atoms with Gasteiger partial charge in [0.2, 0.25) is 0 Å². The molecule has 0 unspecified atom stereocenters. The van der Waals surface area contributed by atoms with Crippen LogP contribution in [0.15, 0.2) is 12.1 Å². The van der Waals surface area contributed by atoms with E-state index in [1.807, 2.05) is 0 Å². The highest BCUT2D eigenvalue weighted by atomic mass is 35.5. The molecule has 14 heavy (non-hydrogen) atoms. The number of aromatic carboxylic acids is 1. The van der Waals surface area contributed by atoms with Crippen LogP contribution in [-0.2, 0) is 0 Å². The first-order chi connectivity index (χ1) is 6.58. The fraction of sp³-hybridized carbons (Fsp3) is 0.111. The lowest BCUT2D eigenvalue weighted by atomic mass is 10.3. The Bertz CT molecular complexity index is 519. The van der Waals surface area contributed by atoms with Gasteiger partial charge in [-0.1, -0.05) is 11.6 Å². The molecule has 5 heteroatoms. The van der Waals surface area contributed by atoms with Crippen molar-refractivity contribution in [3.05, 3.63) is 28.5 Å². The summed E-state index contributed by atoms with van der Waals surface area (Å²) in [6.07, 6.45) is 0. The second-order valence-corrected chi connectivity index (χ2v) is 3.40. The zero-order valence-corrected chi connectivity index (χ0v) is 8.09. The molecule has 72 valence electrons. The van der Waals surface area contributed by atoms with E-state index in [0.717, 1.165) is 5.69 Å². The number of carboxylic acid groups (broad SMARTS) is 1. The standard InChI is InChI=1S/C9H7ClN2O2/c1-4-2-6(10)5-3-7(9(13)14)12-8(5)11-4/h2-3H,1H3,(H,11,12)(H,13,14). The van der Waals surface area contributed by atoms with Crippen LogP contribution in [0.3, 0.4) is 0 Å². The molecule has 0 saturated heterocycles. The molecule has 0 aliphatic heterocycles. The van der Waals surface area contributed by atoms with E-state index in [2.05, 4.69) is 9.97 Å². The van der Waals surface area contributed by atoms with Gasteiger partial charge in [-0.3, -0.25) is 0 Å². The molecule has 2 aromatic rings. The number of carboxylic acids is 1. The molecule has 0 fully saturated rings. The summed E-state index contributed by atoms with van der Waals surface area (Å²) in [5.41, 5.74) is 1.36. The van der Waals surface area contributed by atoms with Crippen LogP contribution in [-0.4, -0.2) is 21.0 Å². The Morgan fingerprint density at radius 1 is 1.57 bits per heavy atom. The summed E-state index contributed by atoms with van der Waals surface area (Å²) in [5, 5.41) is 9.89. The first-order valence-corrected chi connectivity index (χ1v) is 4.35. The third kappa shape index (κ3) is 1.33. The molecule has 0 aliphatic carbocycles. The van der Waals surface area contributed by atoms with E-state index in [4.69, 9.17) is 16.7 Å². The van der Waals surface area contributed by atoms with E-state index in [1.165, 1.54) is 6.07 Å². The normalized spacial score (nSPS) is 10.7. The molecule has 0 aliphatic rings. The Morgan fingerprint density at radius 2 is 2.29 bits per heavy atom. The molecular weight excluding hydrogens is 204 g/mol. The Kier molecular flexibility index (Phi) is 1.93. The number of nitrogens with one attached hydrogen (secondary N) is 1. The minimum absolute atomic E-state index is 0.0972. The largest absolute Gasteiger partial charge is 0.477 e.